The zero-order valence-electron chi connectivity index (χ0n) is 13.5. The summed E-state index contributed by atoms with van der Waals surface area (Å²) in [5.74, 6) is -0.159. The summed E-state index contributed by atoms with van der Waals surface area (Å²) in [7, 11) is 0. The van der Waals surface area contributed by atoms with Crippen molar-refractivity contribution < 1.29 is 27.4 Å². The van der Waals surface area contributed by atoms with Crippen molar-refractivity contribution in [1.29, 1.82) is 0 Å². The van der Waals surface area contributed by atoms with Gasteiger partial charge in [0.25, 0.3) is 0 Å². The van der Waals surface area contributed by atoms with Crippen LogP contribution in [0.3, 0.4) is 0 Å². The molecule has 0 fully saturated rings. The molecule has 0 aliphatic rings. The number of carbonyl (C=O) groups excluding carboxylic acids is 1. The molecule has 0 saturated carbocycles. The summed E-state index contributed by atoms with van der Waals surface area (Å²) in [6, 6.07) is 7.63. The number of carbonyl (C=O) groups is 1. The largest absolute Gasteiger partial charge is 0.465 e. The highest BCUT2D eigenvalue weighted by atomic mass is 35.5. The summed E-state index contributed by atoms with van der Waals surface area (Å²) in [6.45, 7) is 1.82. The van der Waals surface area contributed by atoms with Gasteiger partial charge in [-0.3, -0.25) is 4.79 Å². The Kier molecular flexibility index (Phi) is 6.61. The van der Waals surface area contributed by atoms with Gasteiger partial charge in [-0.05, 0) is 31.2 Å². The van der Waals surface area contributed by atoms with Crippen LogP contribution in [0, 0.1) is 0 Å². The smallest absolute Gasteiger partial charge is 0.417 e. The lowest BCUT2D eigenvalue weighted by molar-refractivity contribution is -0.141. The maximum Gasteiger partial charge on any atom is 0.417 e. The van der Waals surface area contributed by atoms with Crippen LogP contribution in [0.2, 0.25) is 10.0 Å². The monoisotopic (exact) mass is 407 g/mol. The number of alkyl halides is 3. The van der Waals surface area contributed by atoms with Crippen molar-refractivity contribution in [2.45, 2.75) is 13.1 Å². The van der Waals surface area contributed by atoms with E-state index in [1.165, 1.54) is 6.07 Å². The first kappa shape index (κ1) is 20.2. The molecule has 0 bridgehead atoms. The maximum absolute atomic E-state index is 12.8. The molecule has 2 aromatic rings. The van der Waals surface area contributed by atoms with E-state index >= 15 is 0 Å². The molecule has 9 heteroatoms. The first-order chi connectivity index (χ1) is 12.2. The maximum atomic E-state index is 12.8. The van der Waals surface area contributed by atoms with Crippen LogP contribution in [0.5, 0.6) is 11.5 Å². The van der Waals surface area contributed by atoms with Gasteiger partial charge in [0, 0.05) is 17.2 Å². The molecule has 1 N–H and O–H groups in total. The Morgan fingerprint density at radius 2 is 1.88 bits per heavy atom. The molecule has 0 aliphatic carbocycles. The predicted molar refractivity (Wildman–Crippen MR) is 93.1 cm³/mol. The van der Waals surface area contributed by atoms with Crippen LogP contribution < -0.4 is 10.1 Å². The van der Waals surface area contributed by atoms with Gasteiger partial charge in [0.1, 0.15) is 12.3 Å². The minimum absolute atomic E-state index is 0.0875. The van der Waals surface area contributed by atoms with E-state index in [0.717, 1.165) is 18.2 Å². The van der Waals surface area contributed by atoms with Crippen molar-refractivity contribution in [2.24, 2.45) is 0 Å². The molecular weight excluding hydrogens is 394 g/mol. The Balaban J connectivity index is 2.22. The molecule has 2 aromatic carbocycles. The van der Waals surface area contributed by atoms with Crippen molar-refractivity contribution >= 4 is 34.9 Å². The summed E-state index contributed by atoms with van der Waals surface area (Å²) < 4.78 is 48.7. The predicted octanol–water partition coefficient (Wildman–Crippen LogP) is 5.78. The van der Waals surface area contributed by atoms with E-state index in [2.05, 4.69) is 5.32 Å². The van der Waals surface area contributed by atoms with Gasteiger partial charge in [-0.2, -0.15) is 13.2 Å². The molecule has 0 unspecified atom stereocenters. The van der Waals surface area contributed by atoms with E-state index in [4.69, 9.17) is 32.7 Å². The van der Waals surface area contributed by atoms with E-state index in [1.807, 2.05) is 0 Å². The summed E-state index contributed by atoms with van der Waals surface area (Å²) in [5, 5.41) is 2.68. The van der Waals surface area contributed by atoms with E-state index < -0.39 is 22.7 Å². The zero-order chi connectivity index (χ0) is 19.3. The third-order valence-corrected chi connectivity index (χ3v) is 3.69. The van der Waals surface area contributed by atoms with Crippen LogP contribution in [0.15, 0.2) is 36.4 Å². The molecule has 0 radical (unpaired) electrons. The van der Waals surface area contributed by atoms with Gasteiger partial charge in [-0.1, -0.05) is 23.2 Å². The highest BCUT2D eigenvalue weighted by Gasteiger charge is 2.33. The molecule has 0 saturated heterocycles. The highest BCUT2D eigenvalue weighted by Crippen LogP contribution is 2.38. The second-order valence-corrected chi connectivity index (χ2v) is 5.88. The van der Waals surface area contributed by atoms with Crippen LogP contribution >= 0.6 is 23.2 Å². The second kappa shape index (κ2) is 8.51. The third-order valence-electron chi connectivity index (χ3n) is 3.15. The Morgan fingerprint density at radius 3 is 2.50 bits per heavy atom. The lowest BCUT2D eigenvalue weighted by Gasteiger charge is -2.15. The molecule has 0 spiro atoms. The van der Waals surface area contributed by atoms with Crippen LogP contribution in [0.4, 0.5) is 18.9 Å². The molecule has 0 aromatic heterocycles. The lowest BCUT2D eigenvalue weighted by Crippen LogP contribution is -2.17. The van der Waals surface area contributed by atoms with Gasteiger partial charge in [0.2, 0.25) is 0 Å². The molecule has 0 heterocycles. The fraction of sp³-hybridized carbons (Fsp3) is 0.235. The molecule has 0 amide bonds. The second-order valence-electron chi connectivity index (χ2n) is 5.04. The number of halogens is 5. The molecule has 4 nitrogen and oxygen atoms in total. The van der Waals surface area contributed by atoms with Gasteiger partial charge in [-0.25, -0.2) is 0 Å². The number of rotatable bonds is 6. The van der Waals surface area contributed by atoms with Gasteiger partial charge < -0.3 is 14.8 Å². The Labute approximate surface area is 157 Å². The molecule has 26 heavy (non-hydrogen) atoms. The average Bonchev–Trinajstić information content (AvgIpc) is 2.53. The molecule has 0 atom stereocenters. The lowest BCUT2D eigenvalue weighted by atomic mass is 10.2. The number of ether oxygens (including phenoxy) is 2. The fourth-order valence-electron chi connectivity index (χ4n) is 2.02. The fourth-order valence-corrected chi connectivity index (χ4v) is 2.46. The zero-order valence-corrected chi connectivity index (χ0v) is 15.0. The topological polar surface area (TPSA) is 47.6 Å². The van der Waals surface area contributed by atoms with Crippen LogP contribution in [0.25, 0.3) is 0 Å². The van der Waals surface area contributed by atoms with Crippen LogP contribution in [-0.4, -0.2) is 19.1 Å². The first-order valence-corrected chi connectivity index (χ1v) is 8.20. The van der Waals surface area contributed by atoms with Crippen LogP contribution in [0.1, 0.15) is 12.5 Å². The van der Waals surface area contributed by atoms with Gasteiger partial charge in [0.05, 0.1) is 22.9 Å². The molecular formula is C17H14Cl2F3NO3. The number of nitrogens with one attached hydrogen (secondary N) is 1. The number of anilines is 1. The first-order valence-electron chi connectivity index (χ1n) is 7.44. The Morgan fingerprint density at radius 1 is 1.15 bits per heavy atom. The standard InChI is InChI=1S/C17H14Cl2F3NO3/c1-2-25-16(24)9-23-14-6-3-10(18)7-15(14)26-11-4-5-12(13(19)8-11)17(20,21)22/h3-8,23H,2,9H2,1H3. The van der Waals surface area contributed by atoms with E-state index in [-0.39, 0.29) is 24.7 Å². The van der Waals surface area contributed by atoms with Gasteiger partial charge >= 0.3 is 12.1 Å². The number of esters is 1. The van der Waals surface area contributed by atoms with Crippen molar-refractivity contribution in [3.63, 3.8) is 0 Å². The Hall–Kier alpha value is -2.12. The number of hydrogen-bond donors (Lipinski definition) is 1. The quantitative estimate of drug-likeness (QED) is 0.616. The summed E-state index contributed by atoms with van der Waals surface area (Å²) in [4.78, 5) is 11.5. The number of benzene rings is 2. The highest BCUT2D eigenvalue weighted by molar-refractivity contribution is 6.31. The summed E-state index contributed by atoms with van der Waals surface area (Å²) >= 11 is 11.6. The molecule has 140 valence electrons. The van der Waals surface area contributed by atoms with E-state index in [0.29, 0.717) is 10.7 Å². The van der Waals surface area contributed by atoms with Gasteiger partial charge in [-0.15, -0.1) is 0 Å². The van der Waals surface area contributed by atoms with Crippen molar-refractivity contribution in [3.8, 4) is 11.5 Å². The average molecular weight is 408 g/mol. The minimum atomic E-state index is -4.56. The SMILES string of the molecule is CCOC(=O)CNc1ccc(Cl)cc1Oc1ccc(C(F)(F)F)c(Cl)c1. The van der Waals surface area contributed by atoms with E-state index in [9.17, 15) is 18.0 Å². The molecule has 0 aliphatic heterocycles. The normalized spacial score (nSPS) is 11.2. The van der Waals surface area contributed by atoms with Crippen molar-refractivity contribution in [3.05, 3.63) is 52.0 Å². The summed E-state index contributed by atoms with van der Waals surface area (Å²) in [6.07, 6.45) is -4.56. The Bertz CT molecular complexity index is 797. The molecule has 2 rings (SSSR count). The summed E-state index contributed by atoms with van der Waals surface area (Å²) in [5.41, 5.74) is -0.545. The van der Waals surface area contributed by atoms with E-state index in [1.54, 1.807) is 19.1 Å². The third kappa shape index (κ3) is 5.44. The minimum Gasteiger partial charge on any atom is -0.465 e. The van der Waals surface area contributed by atoms with Crippen molar-refractivity contribution in [1.82, 2.24) is 0 Å². The van der Waals surface area contributed by atoms with Crippen LogP contribution in [-0.2, 0) is 15.7 Å². The van der Waals surface area contributed by atoms with Gasteiger partial charge in [0.15, 0.2) is 5.75 Å². The van der Waals surface area contributed by atoms with Crippen molar-refractivity contribution in [2.75, 3.05) is 18.5 Å². The number of hydrogen-bond acceptors (Lipinski definition) is 4.